The van der Waals surface area contributed by atoms with Gasteiger partial charge in [-0.3, -0.25) is 19.2 Å². The molecule has 2 amide bonds. The number of benzene rings is 2. The molecule has 212 valence electrons. The molecular formula is C29H32ClN3O7. The van der Waals surface area contributed by atoms with Crippen LogP contribution in [0.3, 0.4) is 0 Å². The zero-order chi connectivity index (χ0) is 28.6. The van der Waals surface area contributed by atoms with Crippen molar-refractivity contribution >= 4 is 40.5 Å². The fraction of sp³-hybridized carbons (Fsp3) is 0.414. The second-order valence-corrected chi connectivity index (χ2v) is 10.1. The molecule has 1 aliphatic carbocycles. The van der Waals surface area contributed by atoms with Gasteiger partial charge in [0.15, 0.2) is 22.5 Å². The van der Waals surface area contributed by atoms with Crippen molar-refractivity contribution in [2.75, 3.05) is 13.1 Å². The van der Waals surface area contributed by atoms with Crippen molar-refractivity contribution in [1.82, 2.24) is 15.2 Å². The molecule has 10 nitrogen and oxygen atoms in total. The van der Waals surface area contributed by atoms with Gasteiger partial charge in [0.1, 0.15) is 23.0 Å². The Bertz CT molecular complexity index is 1450. The van der Waals surface area contributed by atoms with Crippen molar-refractivity contribution in [3.05, 3.63) is 57.2 Å². The normalized spacial score (nSPS) is 14.8. The zero-order valence-electron chi connectivity index (χ0n) is 22.3. The lowest BCUT2D eigenvalue weighted by Crippen LogP contribution is -2.35. The van der Waals surface area contributed by atoms with E-state index in [1.807, 2.05) is 0 Å². The first-order valence-corrected chi connectivity index (χ1v) is 13.9. The summed E-state index contributed by atoms with van der Waals surface area (Å²) >= 11 is 6.34. The van der Waals surface area contributed by atoms with Crippen LogP contribution >= 0.6 is 11.6 Å². The number of unbranched alkanes of at least 4 members (excludes halogenated alkanes) is 5. The van der Waals surface area contributed by atoms with Gasteiger partial charge in [-0.25, -0.2) is 4.98 Å². The Morgan fingerprint density at radius 3 is 2.67 bits per heavy atom. The van der Waals surface area contributed by atoms with Gasteiger partial charge >= 0.3 is 5.97 Å². The lowest BCUT2D eigenvalue weighted by atomic mass is 10.1. The Morgan fingerprint density at radius 1 is 1.12 bits per heavy atom. The van der Waals surface area contributed by atoms with Crippen LogP contribution in [0.15, 0.2) is 45.6 Å². The van der Waals surface area contributed by atoms with Gasteiger partial charge in [0.2, 0.25) is 5.91 Å². The van der Waals surface area contributed by atoms with E-state index in [1.165, 1.54) is 41.3 Å². The minimum Gasteiger partial charge on any atom is -0.452 e. The number of hydrogen-bond acceptors (Lipinski definition) is 8. The molecule has 0 fully saturated rings. The fourth-order valence-electron chi connectivity index (χ4n) is 4.46. The minimum absolute atomic E-state index is 0.00452. The molecular weight excluding hydrogens is 538 g/mol. The molecule has 1 unspecified atom stereocenters. The van der Waals surface area contributed by atoms with Crippen molar-refractivity contribution in [1.29, 1.82) is 0 Å². The van der Waals surface area contributed by atoms with Crippen LogP contribution in [0.1, 0.15) is 68.6 Å². The summed E-state index contributed by atoms with van der Waals surface area (Å²) in [5, 5.41) is 12.7. The number of carbonyl (C=O) groups excluding carboxylic acids is 3. The molecule has 1 aromatic rings. The maximum atomic E-state index is 13.0. The summed E-state index contributed by atoms with van der Waals surface area (Å²) in [4.78, 5) is 55.5. The summed E-state index contributed by atoms with van der Waals surface area (Å²) in [6, 6.07) is 5.65. The third-order valence-corrected chi connectivity index (χ3v) is 6.92. The van der Waals surface area contributed by atoms with Gasteiger partial charge in [0, 0.05) is 31.7 Å². The van der Waals surface area contributed by atoms with Crippen molar-refractivity contribution < 1.29 is 28.6 Å². The highest BCUT2D eigenvalue weighted by molar-refractivity contribution is 6.32. The standard InChI is InChI=1S/C29H32ClN3O7/c1-2-3-4-5-6-9-26(37)39-22-17-23-20(16-18(22)30)32-19-10-11-21(34)27(28(19)40-23)29(38)31-14-7-8-15-33-24(35)12-13-25(33)36/h10-13,16-17,24,35H,2-9,14-15H2,1H3,(H,31,38). The van der Waals surface area contributed by atoms with Crippen LogP contribution in [0.5, 0.6) is 5.75 Å². The SMILES string of the molecule is CCCCCCCC(=O)Oc1cc2oc3c(C(=O)NCCCCN4C(=O)C=CC4O)c(=O)ccc-3nc2cc1Cl. The number of nitrogens with one attached hydrogen (secondary N) is 1. The van der Waals surface area contributed by atoms with Gasteiger partial charge in [-0.15, -0.1) is 0 Å². The molecule has 11 heteroatoms. The predicted octanol–water partition coefficient (Wildman–Crippen LogP) is 4.44. The summed E-state index contributed by atoms with van der Waals surface area (Å²) < 4.78 is 11.4. The number of rotatable bonds is 13. The van der Waals surface area contributed by atoms with Crippen LogP contribution in [-0.2, 0) is 9.59 Å². The molecule has 0 radical (unpaired) electrons. The van der Waals surface area contributed by atoms with Crippen molar-refractivity contribution in [3.8, 4) is 17.2 Å². The van der Waals surface area contributed by atoms with Crippen LogP contribution in [0, 0.1) is 0 Å². The average molecular weight is 570 g/mol. The third kappa shape index (κ3) is 7.05. The predicted molar refractivity (Wildman–Crippen MR) is 149 cm³/mol. The first-order chi connectivity index (χ1) is 19.3. The monoisotopic (exact) mass is 569 g/mol. The Balaban J connectivity index is 1.44. The van der Waals surface area contributed by atoms with Gasteiger partial charge in [-0.1, -0.05) is 44.2 Å². The van der Waals surface area contributed by atoms with E-state index in [-0.39, 0.29) is 46.6 Å². The van der Waals surface area contributed by atoms with E-state index in [9.17, 15) is 24.3 Å². The Morgan fingerprint density at radius 2 is 1.93 bits per heavy atom. The molecule has 0 saturated heterocycles. The molecule has 3 aliphatic rings. The molecule has 40 heavy (non-hydrogen) atoms. The zero-order valence-corrected chi connectivity index (χ0v) is 23.0. The molecule has 1 aromatic carbocycles. The molecule has 0 aromatic heterocycles. The van der Waals surface area contributed by atoms with Gasteiger partial charge in [0.05, 0.1) is 5.02 Å². The van der Waals surface area contributed by atoms with E-state index < -0.39 is 23.5 Å². The maximum absolute atomic E-state index is 13.0. The van der Waals surface area contributed by atoms with E-state index in [4.69, 9.17) is 20.8 Å². The van der Waals surface area contributed by atoms with Crippen molar-refractivity contribution in [2.45, 2.75) is 64.5 Å². The second-order valence-electron chi connectivity index (χ2n) is 9.66. The van der Waals surface area contributed by atoms with E-state index in [0.29, 0.717) is 30.6 Å². The van der Waals surface area contributed by atoms with Crippen LogP contribution in [-0.4, -0.2) is 52.1 Å². The van der Waals surface area contributed by atoms with E-state index >= 15 is 0 Å². The van der Waals surface area contributed by atoms with Gasteiger partial charge in [0.25, 0.3) is 5.91 Å². The van der Waals surface area contributed by atoms with Crippen molar-refractivity contribution in [2.24, 2.45) is 0 Å². The molecule has 0 bridgehead atoms. The van der Waals surface area contributed by atoms with E-state index in [2.05, 4.69) is 17.2 Å². The molecule has 2 N–H and O–H groups in total. The molecule has 4 rings (SSSR count). The molecule has 0 saturated carbocycles. The first-order valence-electron chi connectivity index (χ1n) is 13.5. The highest BCUT2D eigenvalue weighted by Crippen LogP contribution is 2.33. The van der Waals surface area contributed by atoms with Gasteiger partial charge in [-0.2, -0.15) is 0 Å². The van der Waals surface area contributed by atoms with Crippen molar-refractivity contribution in [3.63, 3.8) is 0 Å². The van der Waals surface area contributed by atoms with Gasteiger partial charge < -0.3 is 24.5 Å². The Labute approximate surface area is 236 Å². The van der Waals surface area contributed by atoms with Crippen LogP contribution < -0.4 is 15.5 Å². The molecule has 2 heterocycles. The third-order valence-electron chi connectivity index (χ3n) is 6.63. The molecule has 1 atom stereocenters. The number of aliphatic hydroxyl groups excluding tert-OH is 1. The fourth-order valence-corrected chi connectivity index (χ4v) is 4.65. The number of esters is 1. The average Bonchev–Trinajstić information content (AvgIpc) is 3.24. The summed E-state index contributed by atoms with van der Waals surface area (Å²) in [6.45, 7) is 2.71. The number of nitrogens with zero attached hydrogens (tertiary/aromatic N) is 2. The summed E-state index contributed by atoms with van der Waals surface area (Å²) in [5.41, 5.74) is 0.135. The lowest BCUT2D eigenvalue weighted by Gasteiger charge is -2.20. The number of halogens is 1. The number of amides is 2. The number of carbonyl (C=O) groups is 3. The highest BCUT2D eigenvalue weighted by atomic mass is 35.5. The number of ether oxygens (including phenoxy) is 1. The Kier molecular flexibility index (Phi) is 9.89. The summed E-state index contributed by atoms with van der Waals surface area (Å²) in [7, 11) is 0. The second kappa shape index (κ2) is 13.5. The van der Waals surface area contributed by atoms with E-state index in [0.717, 1.165) is 32.1 Å². The largest absolute Gasteiger partial charge is 0.452 e. The quantitative estimate of drug-likeness (QED) is 0.133. The van der Waals surface area contributed by atoms with Crippen LogP contribution in [0.2, 0.25) is 5.02 Å². The molecule has 0 spiro atoms. The Hall–Kier alpha value is -3.76. The van der Waals surface area contributed by atoms with E-state index in [1.54, 1.807) is 0 Å². The highest BCUT2D eigenvalue weighted by Gasteiger charge is 2.24. The minimum atomic E-state index is -0.931. The topological polar surface area (TPSA) is 139 Å². The number of aromatic nitrogens is 1. The first kappa shape index (κ1) is 29.2. The smallest absolute Gasteiger partial charge is 0.311 e. The number of fused-ring (bicyclic) bond motifs is 2. The number of aliphatic hydroxyl groups is 1. The van der Waals surface area contributed by atoms with Crippen LogP contribution in [0.4, 0.5) is 0 Å². The summed E-state index contributed by atoms with van der Waals surface area (Å²) in [6.07, 6.45) is 8.11. The van der Waals surface area contributed by atoms with Gasteiger partial charge in [-0.05, 0) is 43.5 Å². The van der Waals surface area contributed by atoms with Crippen LogP contribution in [0.25, 0.3) is 22.6 Å². The molecule has 2 aliphatic heterocycles. The number of hydrogen-bond donors (Lipinski definition) is 2. The maximum Gasteiger partial charge on any atom is 0.311 e. The summed E-state index contributed by atoms with van der Waals surface area (Å²) in [5.74, 6) is -1.17. The lowest BCUT2D eigenvalue weighted by molar-refractivity contribution is -0.134.